The summed E-state index contributed by atoms with van der Waals surface area (Å²) in [6.45, 7) is 1.92. The highest BCUT2D eigenvalue weighted by Crippen LogP contribution is 2.04. The van der Waals surface area contributed by atoms with Crippen molar-refractivity contribution >= 4 is 23.0 Å². The zero-order chi connectivity index (χ0) is 13.1. The smallest absolute Gasteiger partial charge is 0.320 e. The minimum Gasteiger partial charge on any atom is -0.327 e. The van der Waals surface area contributed by atoms with E-state index in [0.29, 0.717) is 10.4 Å². The Kier molecular flexibility index (Phi) is 3.53. The van der Waals surface area contributed by atoms with Gasteiger partial charge in [-0.15, -0.1) is 11.3 Å². The Balaban J connectivity index is 2.28. The van der Waals surface area contributed by atoms with E-state index in [0.717, 1.165) is 5.56 Å². The number of hydrogen-bond donors (Lipinski definition) is 0. The van der Waals surface area contributed by atoms with Gasteiger partial charge < -0.3 is 4.57 Å². The van der Waals surface area contributed by atoms with Gasteiger partial charge >= 0.3 is 5.91 Å². The molecule has 5 heteroatoms. The predicted octanol–water partition coefficient (Wildman–Crippen LogP) is 1.71. The van der Waals surface area contributed by atoms with Crippen LogP contribution in [0.2, 0.25) is 0 Å². The van der Waals surface area contributed by atoms with Crippen LogP contribution in [-0.4, -0.2) is 16.3 Å². The number of amides is 1. The monoisotopic (exact) mass is 260 g/mol. The molecule has 1 heterocycles. The van der Waals surface area contributed by atoms with Gasteiger partial charge in [0.15, 0.2) is 4.80 Å². The molecule has 0 aliphatic heterocycles. The summed E-state index contributed by atoms with van der Waals surface area (Å²) in [4.78, 5) is 27.9. The highest BCUT2D eigenvalue weighted by Gasteiger charge is 2.15. The van der Waals surface area contributed by atoms with Gasteiger partial charge in [0.2, 0.25) is 0 Å². The first-order valence-electron chi connectivity index (χ1n) is 5.38. The summed E-state index contributed by atoms with van der Waals surface area (Å²) < 4.78 is 1.70. The third-order valence-corrected chi connectivity index (χ3v) is 3.31. The van der Waals surface area contributed by atoms with Crippen molar-refractivity contribution in [3.63, 3.8) is 0 Å². The molecule has 18 heavy (non-hydrogen) atoms. The second-order valence-electron chi connectivity index (χ2n) is 3.91. The van der Waals surface area contributed by atoms with Crippen molar-refractivity contribution in [3.05, 3.63) is 51.8 Å². The summed E-state index contributed by atoms with van der Waals surface area (Å²) in [5, 5.41) is 1.81. The SMILES string of the molecule is Cc1ccc(C(=O)C(=O)N=c2sccn2C)cc1. The Labute approximate surface area is 108 Å². The van der Waals surface area contributed by atoms with E-state index in [-0.39, 0.29) is 0 Å². The minimum atomic E-state index is -0.739. The van der Waals surface area contributed by atoms with Gasteiger partial charge in [-0.05, 0) is 6.92 Å². The molecular weight excluding hydrogens is 248 g/mol. The van der Waals surface area contributed by atoms with Crippen molar-refractivity contribution < 1.29 is 9.59 Å². The number of benzene rings is 1. The first kappa shape index (κ1) is 12.4. The second kappa shape index (κ2) is 5.10. The highest BCUT2D eigenvalue weighted by molar-refractivity contribution is 7.07. The fourth-order valence-corrected chi connectivity index (χ4v) is 2.13. The summed E-state index contributed by atoms with van der Waals surface area (Å²) >= 11 is 1.32. The third kappa shape index (κ3) is 2.62. The molecule has 2 aromatic rings. The number of nitrogens with zero attached hydrogens (tertiary/aromatic N) is 2. The molecule has 0 aliphatic carbocycles. The van der Waals surface area contributed by atoms with Gasteiger partial charge in [-0.2, -0.15) is 4.99 Å². The summed E-state index contributed by atoms with van der Waals surface area (Å²) in [5.74, 6) is -1.32. The maximum atomic E-state index is 11.8. The van der Waals surface area contributed by atoms with Gasteiger partial charge in [-0.25, -0.2) is 0 Å². The number of thiazole rings is 1. The number of aryl methyl sites for hydroxylation is 2. The fraction of sp³-hybridized carbons (Fsp3) is 0.154. The summed E-state index contributed by atoms with van der Waals surface area (Å²) in [6, 6.07) is 6.87. The van der Waals surface area contributed by atoms with E-state index in [9.17, 15) is 9.59 Å². The van der Waals surface area contributed by atoms with Crippen LogP contribution < -0.4 is 4.80 Å². The molecule has 0 fully saturated rings. The number of Topliss-reactive ketones (excluding diaryl/α,β-unsaturated/α-hetero) is 1. The van der Waals surface area contributed by atoms with E-state index >= 15 is 0 Å². The van der Waals surface area contributed by atoms with Crippen LogP contribution in [-0.2, 0) is 11.8 Å². The van der Waals surface area contributed by atoms with Crippen LogP contribution in [0.15, 0.2) is 40.8 Å². The summed E-state index contributed by atoms with van der Waals surface area (Å²) in [7, 11) is 1.78. The molecule has 0 saturated carbocycles. The molecule has 0 atom stereocenters. The van der Waals surface area contributed by atoms with Gasteiger partial charge in [0, 0.05) is 24.2 Å². The topological polar surface area (TPSA) is 51.4 Å². The quantitative estimate of drug-likeness (QED) is 0.609. The van der Waals surface area contributed by atoms with Crippen molar-refractivity contribution in [1.29, 1.82) is 0 Å². The zero-order valence-electron chi connectivity index (χ0n) is 10.1. The lowest BCUT2D eigenvalue weighted by molar-refractivity contribution is -0.114. The maximum absolute atomic E-state index is 11.8. The molecule has 92 valence electrons. The minimum absolute atomic E-state index is 0.369. The zero-order valence-corrected chi connectivity index (χ0v) is 10.9. The Hall–Kier alpha value is -2.01. The van der Waals surface area contributed by atoms with Crippen LogP contribution >= 0.6 is 11.3 Å². The Bertz CT molecular complexity index is 650. The molecule has 1 aromatic carbocycles. The molecule has 0 radical (unpaired) electrons. The predicted molar refractivity (Wildman–Crippen MR) is 69.4 cm³/mol. The van der Waals surface area contributed by atoms with Gasteiger partial charge in [0.05, 0.1) is 0 Å². The van der Waals surface area contributed by atoms with Gasteiger partial charge in [-0.1, -0.05) is 29.8 Å². The lowest BCUT2D eigenvalue weighted by Gasteiger charge is -1.97. The Morgan fingerprint density at radius 2 is 1.89 bits per heavy atom. The van der Waals surface area contributed by atoms with E-state index < -0.39 is 11.7 Å². The summed E-state index contributed by atoms with van der Waals surface area (Å²) in [5.41, 5.74) is 1.41. The molecular formula is C13H12N2O2S. The third-order valence-electron chi connectivity index (χ3n) is 2.46. The maximum Gasteiger partial charge on any atom is 0.320 e. The van der Waals surface area contributed by atoms with Crippen LogP contribution in [0.4, 0.5) is 0 Å². The van der Waals surface area contributed by atoms with Crippen molar-refractivity contribution in [3.8, 4) is 0 Å². The lowest BCUT2D eigenvalue weighted by atomic mass is 10.1. The largest absolute Gasteiger partial charge is 0.327 e. The molecule has 0 aliphatic rings. The molecule has 0 saturated heterocycles. The number of rotatable bonds is 2. The molecule has 0 unspecified atom stereocenters. The van der Waals surface area contributed by atoms with Crippen molar-refractivity contribution in [2.24, 2.45) is 12.0 Å². The Morgan fingerprint density at radius 1 is 1.22 bits per heavy atom. The molecule has 1 aromatic heterocycles. The van der Waals surface area contributed by atoms with Crippen LogP contribution in [0.5, 0.6) is 0 Å². The van der Waals surface area contributed by atoms with E-state index in [1.54, 1.807) is 42.1 Å². The number of carbonyl (C=O) groups is 2. The van der Waals surface area contributed by atoms with Crippen molar-refractivity contribution in [2.45, 2.75) is 6.92 Å². The highest BCUT2D eigenvalue weighted by atomic mass is 32.1. The molecule has 0 spiro atoms. The standard InChI is InChI=1S/C13H12N2O2S/c1-9-3-5-10(6-4-9)11(16)12(17)14-13-15(2)7-8-18-13/h3-8H,1-2H3. The number of ketones is 1. The van der Waals surface area contributed by atoms with E-state index in [1.807, 2.05) is 12.3 Å². The van der Waals surface area contributed by atoms with Crippen LogP contribution in [0.25, 0.3) is 0 Å². The number of aromatic nitrogens is 1. The van der Waals surface area contributed by atoms with Gasteiger partial charge in [-0.3, -0.25) is 9.59 Å². The van der Waals surface area contributed by atoms with Crippen LogP contribution in [0.1, 0.15) is 15.9 Å². The normalized spacial score (nSPS) is 11.6. The molecule has 4 nitrogen and oxygen atoms in total. The van der Waals surface area contributed by atoms with Crippen molar-refractivity contribution in [2.75, 3.05) is 0 Å². The van der Waals surface area contributed by atoms with Crippen molar-refractivity contribution in [1.82, 2.24) is 4.57 Å². The van der Waals surface area contributed by atoms with E-state index in [1.165, 1.54) is 11.3 Å². The van der Waals surface area contributed by atoms with E-state index in [4.69, 9.17) is 0 Å². The Morgan fingerprint density at radius 3 is 2.44 bits per heavy atom. The molecule has 1 amide bonds. The van der Waals surface area contributed by atoms with Gasteiger partial charge in [0.25, 0.3) is 5.78 Å². The molecule has 2 rings (SSSR count). The van der Waals surface area contributed by atoms with Crippen LogP contribution in [0.3, 0.4) is 0 Å². The second-order valence-corrected chi connectivity index (χ2v) is 4.78. The first-order chi connectivity index (χ1) is 8.58. The molecule has 0 bridgehead atoms. The summed E-state index contributed by atoms with van der Waals surface area (Å²) in [6.07, 6.45) is 1.78. The lowest BCUT2D eigenvalue weighted by Crippen LogP contribution is -2.18. The average molecular weight is 260 g/mol. The van der Waals surface area contributed by atoms with Crippen LogP contribution in [0, 0.1) is 6.92 Å². The van der Waals surface area contributed by atoms with Gasteiger partial charge in [0.1, 0.15) is 0 Å². The van der Waals surface area contributed by atoms with E-state index in [2.05, 4.69) is 4.99 Å². The number of hydrogen-bond acceptors (Lipinski definition) is 3. The average Bonchev–Trinajstić information content (AvgIpc) is 2.75. The first-order valence-corrected chi connectivity index (χ1v) is 6.26. The fourth-order valence-electron chi connectivity index (χ4n) is 1.40. The molecule has 0 N–H and O–H groups in total. The number of carbonyl (C=O) groups excluding carboxylic acids is 2.